The lowest BCUT2D eigenvalue weighted by atomic mass is 10.2. The highest BCUT2D eigenvalue weighted by Gasteiger charge is 2.26. The molecule has 9 nitrogen and oxygen atoms in total. The predicted molar refractivity (Wildman–Crippen MR) is 103 cm³/mol. The second kappa shape index (κ2) is 9.07. The average molecular weight is 430 g/mol. The van der Waals surface area contributed by atoms with Crippen LogP contribution in [0, 0.1) is 0 Å². The summed E-state index contributed by atoms with van der Waals surface area (Å²) in [7, 11) is -1.06. The zero-order valence-electron chi connectivity index (χ0n) is 15.7. The second-order valence-electron chi connectivity index (χ2n) is 5.65. The van der Waals surface area contributed by atoms with Crippen molar-refractivity contribution < 1.29 is 27.4 Å². The lowest BCUT2D eigenvalue weighted by Gasteiger charge is -2.15. The molecule has 0 radical (unpaired) electrons. The van der Waals surface area contributed by atoms with E-state index in [1.807, 2.05) is 4.72 Å². The number of amides is 1. The molecule has 0 fully saturated rings. The maximum atomic E-state index is 12.6. The van der Waals surface area contributed by atoms with Crippen LogP contribution in [0.4, 0.5) is 0 Å². The van der Waals surface area contributed by atoms with Crippen molar-refractivity contribution in [2.75, 3.05) is 14.2 Å². The van der Waals surface area contributed by atoms with Crippen molar-refractivity contribution in [3.05, 3.63) is 34.9 Å². The van der Waals surface area contributed by atoms with E-state index >= 15 is 0 Å². The van der Waals surface area contributed by atoms with Gasteiger partial charge in [0.25, 0.3) is 5.91 Å². The topological polar surface area (TPSA) is 117 Å². The van der Waals surface area contributed by atoms with Crippen LogP contribution in [0.5, 0.6) is 23.5 Å². The minimum Gasteiger partial charge on any atom is -0.481 e. The Bertz CT molecular complexity index is 945. The summed E-state index contributed by atoms with van der Waals surface area (Å²) < 4.78 is 42.1. The van der Waals surface area contributed by atoms with Gasteiger partial charge in [0.15, 0.2) is 0 Å². The van der Waals surface area contributed by atoms with Crippen LogP contribution in [0.3, 0.4) is 0 Å². The molecule has 0 aliphatic carbocycles. The highest BCUT2D eigenvalue weighted by Crippen LogP contribution is 2.31. The number of aromatic nitrogens is 2. The third-order valence-corrected chi connectivity index (χ3v) is 6.00. The SMILES string of the molecule is CCC(C)S(=O)(=O)NC(=O)c1c(Cl)cccc1Oc1nc(OC)cc(OC)n1. The van der Waals surface area contributed by atoms with Crippen molar-refractivity contribution in [2.45, 2.75) is 25.5 Å². The Hall–Kier alpha value is -2.59. The number of hydrogen-bond acceptors (Lipinski definition) is 8. The van der Waals surface area contributed by atoms with E-state index in [-0.39, 0.29) is 34.1 Å². The van der Waals surface area contributed by atoms with Gasteiger partial charge >= 0.3 is 6.01 Å². The zero-order valence-corrected chi connectivity index (χ0v) is 17.3. The van der Waals surface area contributed by atoms with Gasteiger partial charge in [0.1, 0.15) is 11.3 Å². The molecule has 1 atom stereocenters. The Labute approximate surface area is 168 Å². The first kappa shape index (κ1) is 21.7. The number of methoxy groups -OCH3 is 2. The summed E-state index contributed by atoms with van der Waals surface area (Å²) in [5.74, 6) is -0.598. The summed E-state index contributed by atoms with van der Waals surface area (Å²) in [6, 6.07) is 5.68. The van der Waals surface area contributed by atoms with Crippen LogP contribution in [-0.2, 0) is 10.0 Å². The fourth-order valence-corrected chi connectivity index (χ4v) is 3.30. The molecule has 152 valence electrons. The molecule has 11 heteroatoms. The molecule has 1 N–H and O–H groups in total. The number of nitrogens with one attached hydrogen (secondary N) is 1. The molecule has 28 heavy (non-hydrogen) atoms. The van der Waals surface area contributed by atoms with Crippen LogP contribution < -0.4 is 18.9 Å². The van der Waals surface area contributed by atoms with E-state index in [0.717, 1.165) is 0 Å². The molecule has 0 aliphatic heterocycles. The Balaban J connectivity index is 2.41. The van der Waals surface area contributed by atoms with Crippen molar-refractivity contribution in [3.63, 3.8) is 0 Å². The Morgan fingerprint density at radius 1 is 1.21 bits per heavy atom. The Kier molecular flexibility index (Phi) is 7.03. The number of ether oxygens (including phenoxy) is 3. The minimum atomic E-state index is -3.87. The molecule has 1 aromatic carbocycles. The number of benzene rings is 1. The first-order chi connectivity index (χ1) is 13.2. The molecular weight excluding hydrogens is 410 g/mol. The van der Waals surface area contributed by atoms with Gasteiger partial charge in [-0.25, -0.2) is 13.1 Å². The van der Waals surface area contributed by atoms with Gasteiger partial charge in [0.05, 0.1) is 30.6 Å². The summed E-state index contributed by atoms with van der Waals surface area (Å²) in [5, 5.41) is -0.751. The molecular formula is C17H20ClN3O6S. The van der Waals surface area contributed by atoms with Crippen LogP contribution in [-0.4, -0.2) is 43.8 Å². The van der Waals surface area contributed by atoms with Crippen LogP contribution in [0.2, 0.25) is 5.02 Å². The van der Waals surface area contributed by atoms with Crippen LogP contribution in [0.15, 0.2) is 24.3 Å². The largest absolute Gasteiger partial charge is 0.481 e. The second-order valence-corrected chi connectivity index (χ2v) is 8.15. The first-order valence-electron chi connectivity index (χ1n) is 8.21. The van der Waals surface area contributed by atoms with Crippen LogP contribution >= 0.6 is 11.6 Å². The molecule has 2 aromatic rings. The van der Waals surface area contributed by atoms with Crippen molar-refractivity contribution >= 4 is 27.5 Å². The summed E-state index contributed by atoms with van der Waals surface area (Å²) >= 11 is 6.12. The number of hydrogen-bond donors (Lipinski definition) is 1. The number of nitrogens with zero attached hydrogens (tertiary/aromatic N) is 2. The van der Waals surface area contributed by atoms with E-state index in [1.54, 1.807) is 6.92 Å². The standard InChI is InChI=1S/C17H20ClN3O6S/c1-5-10(2)28(23,24)21-16(22)15-11(18)7-6-8-12(15)27-17-19-13(25-3)9-14(20-17)26-4/h6-10H,5H2,1-4H3,(H,21,22). The molecule has 1 unspecified atom stereocenters. The molecule has 0 bridgehead atoms. The van der Waals surface area contributed by atoms with E-state index in [0.29, 0.717) is 6.42 Å². The molecule has 1 heterocycles. The molecule has 1 aromatic heterocycles. The highest BCUT2D eigenvalue weighted by atomic mass is 35.5. The lowest BCUT2D eigenvalue weighted by molar-refractivity contribution is 0.0979. The fourth-order valence-electron chi connectivity index (χ4n) is 2.05. The molecule has 2 rings (SSSR count). The van der Waals surface area contributed by atoms with E-state index in [4.69, 9.17) is 25.8 Å². The third kappa shape index (κ3) is 5.02. The van der Waals surface area contributed by atoms with Gasteiger partial charge in [-0.3, -0.25) is 4.79 Å². The van der Waals surface area contributed by atoms with Crippen LogP contribution in [0.1, 0.15) is 30.6 Å². The summed E-state index contributed by atoms with van der Waals surface area (Å²) in [6.07, 6.45) is 0.339. The molecule has 0 spiro atoms. The van der Waals surface area contributed by atoms with Gasteiger partial charge in [-0.1, -0.05) is 24.6 Å². The smallest absolute Gasteiger partial charge is 0.328 e. The summed E-state index contributed by atoms with van der Waals surface area (Å²) in [5.41, 5.74) is -0.165. The normalized spacial score (nSPS) is 12.2. The third-order valence-electron chi connectivity index (χ3n) is 3.82. The zero-order chi connectivity index (χ0) is 20.9. The maximum Gasteiger partial charge on any atom is 0.328 e. The van der Waals surface area contributed by atoms with Crippen molar-refractivity contribution in [3.8, 4) is 23.5 Å². The molecule has 0 saturated heterocycles. The molecule has 0 aliphatic rings. The first-order valence-corrected chi connectivity index (χ1v) is 10.1. The highest BCUT2D eigenvalue weighted by molar-refractivity contribution is 7.90. The van der Waals surface area contributed by atoms with Gasteiger partial charge in [0, 0.05) is 0 Å². The Morgan fingerprint density at radius 2 is 1.82 bits per heavy atom. The van der Waals surface area contributed by atoms with Crippen molar-refractivity contribution in [1.82, 2.24) is 14.7 Å². The van der Waals surface area contributed by atoms with Crippen molar-refractivity contribution in [1.29, 1.82) is 0 Å². The van der Waals surface area contributed by atoms with Gasteiger partial charge in [-0.15, -0.1) is 0 Å². The number of sulfonamides is 1. The van der Waals surface area contributed by atoms with E-state index in [2.05, 4.69) is 9.97 Å². The minimum absolute atomic E-state index is 0.00390. The number of carbonyl (C=O) groups is 1. The number of carbonyl (C=O) groups excluding carboxylic acids is 1. The summed E-state index contributed by atoms with van der Waals surface area (Å²) in [6.45, 7) is 3.20. The van der Waals surface area contributed by atoms with E-state index in [1.165, 1.54) is 45.4 Å². The predicted octanol–water partition coefficient (Wildman–Crippen LogP) is 2.80. The average Bonchev–Trinajstić information content (AvgIpc) is 2.66. The number of rotatable bonds is 8. The van der Waals surface area contributed by atoms with Gasteiger partial charge in [-0.05, 0) is 25.5 Å². The summed E-state index contributed by atoms with van der Waals surface area (Å²) in [4.78, 5) is 20.6. The monoisotopic (exact) mass is 429 g/mol. The molecule has 0 saturated carbocycles. The molecule has 1 amide bonds. The van der Waals surface area contributed by atoms with Crippen molar-refractivity contribution in [2.24, 2.45) is 0 Å². The fraction of sp³-hybridized carbons (Fsp3) is 0.353. The number of halogens is 1. The van der Waals surface area contributed by atoms with Crippen LogP contribution in [0.25, 0.3) is 0 Å². The van der Waals surface area contributed by atoms with E-state index < -0.39 is 21.2 Å². The lowest BCUT2D eigenvalue weighted by Crippen LogP contribution is -2.37. The van der Waals surface area contributed by atoms with Gasteiger partial charge in [0.2, 0.25) is 21.8 Å². The van der Waals surface area contributed by atoms with E-state index in [9.17, 15) is 13.2 Å². The maximum absolute atomic E-state index is 12.6. The quantitative estimate of drug-likeness (QED) is 0.680. The van der Waals surface area contributed by atoms with Gasteiger partial charge < -0.3 is 14.2 Å². The van der Waals surface area contributed by atoms with Gasteiger partial charge in [-0.2, -0.15) is 9.97 Å². The Morgan fingerprint density at radius 3 is 2.36 bits per heavy atom.